The van der Waals surface area contributed by atoms with Crippen molar-refractivity contribution >= 4 is 0 Å². The number of terminal acetylenes is 1. The molecule has 0 amide bonds. The molecule has 2 nitrogen and oxygen atoms in total. The van der Waals surface area contributed by atoms with Crippen LogP contribution in [-0.2, 0) is 0 Å². The number of aromatic nitrogens is 1. The van der Waals surface area contributed by atoms with Crippen LogP contribution in [0.4, 0.5) is 0 Å². The normalized spacial score (nSPS) is 12.1. The molecule has 0 fully saturated rings. The highest BCUT2D eigenvalue weighted by atomic mass is 16.3. The predicted octanol–water partition coefficient (Wildman–Crippen LogP) is 1.06. The van der Waals surface area contributed by atoms with Crippen LogP contribution in [0.1, 0.15) is 17.4 Å². The van der Waals surface area contributed by atoms with Crippen molar-refractivity contribution in [2.45, 2.75) is 13.0 Å². The molecule has 0 aliphatic heterocycles. The fraction of sp³-hybridized carbons (Fsp3) is 0.222. The monoisotopic (exact) mass is 147 g/mol. The highest BCUT2D eigenvalue weighted by Crippen LogP contribution is 2.13. The first kappa shape index (κ1) is 7.77. The summed E-state index contributed by atoms with van der Waals surface area (Å²) in [5, 5.41) is 9.23. The topological polar surface area (TPSA) is 33.1 Å². The first-order valence-electron chi connectivity index (χ1n) is 3.31. The number of hydrogen-bond acceptors (Lipinski definition) is 2. The van der Waals surface area contributed by atoms with E-state index in [0.717, 1.165) is 5.69 Å². The number of nitrogens with zero attached hydrogens (tertiary/aromatic N) is 1. The highest BCUT2D eigenvalue weighted by Gasteiger charge is 2.05. The third-order valence-electron chi connectivity index (χ3n) is 1.50. The molecule has 0 aromatic carbocycles. The Labute approximate surface area is 65.9 Å². The van der Waals surface area contributed by atoms with Gasteiger partial charge < -0.3 is 5.11 Å². The summed E-state index contributed by atoms with van der Waals surface area (Å²) in [6.45, 7) is 1.82. The summed E-state index contributed by atoms with van der Waals surface area (Å²) in [5.74, 6) is 2.24. The van der Waals surface area contributed by atoms with Crippen LogP contribution in [0.5, 0.6) is 0 Å². The van der Waals surface area contributed by atoms with Crippen LogP contribution >= 0.6 is 0 Å². The van der Waals surface area contributed by atoms with Crippen LogP contribution < -0.4 is 0 Å². The van der Waals surface area contributed by atoms with Crippen molar-refractivity contribution in [3.8, 4) is 12.3 Å². The number of aryl methyl sites for hydroxylation is 1. The van der Waals surface area contributed by atoms with Gasteiger partial charge in [-0.05, 0) is 13.0 Å². The van der Waals surface area contributed by atoms with Gasteiger partial charge in [-0.3, -0.25) is 4.98 Å². The third-order valence-corrected chi connectivity index (χ3v) is 1.50. The first-order chi connectivity index (χ1) is 5.25. The van der Waals surface area contributed by atoms with Crippen LogP contribution in [0.2, 0.25) is 0 Å². The zero-order valence-corrected chi connectivity index (χ0v) is 6.28. The second-order valence-corrected chi connectivity index (χ2v) is 2.25. The highest BCUT2D eigenvalue weighted by molar-refractivity contribution is 5.26. The lowest BCUT2D eigenvalue weighted by Crippen LogP contribution is -1.97. The van der Waals surface area contributed by atoms with E-state index in [1.54, 1.807) is 18.3 Å². The zero-order valence-electron chi connectivity index (χ0n) is 6.28. The predicted molar refractivity (Wildman–Crippen MR) is 42.8 cm³/mol. The molecule has 2 heteroatoms. The van der Waals surface area contributed by atoms with E-state index in [-0.39, 0.29) is 0 Å². The fourth-order valence-electron chi connectivity index (χ4n) is 0.875. The Kier molecular flexibility index (Phi) is 2.25. The molecule has 0 bridgehead atoms. The molecule has 1 N–H and O–H groups in total. The van der Waals surface area contributed by atoms with Crippen molar-refractivity contribution < 1.29 is 5.11 Å². The molecule has 56 valence electrons. The summed E-state index contributed by atoms with van der Waals surface area (Å²) in [7, 11) is 0. The lowest BCUT2D eigenvalue weighted by Gasteiger charge is -2.04. The number of rotatable bonds is 1. The SMILES string of the molecule is C#C[C@H](O)c1cccnc1C. The van der Waals surface area contributed by atoms with E-state index in [0.29, 0.717) is 5.56 Å². The maximum Gasteiger partial charge on any atom is 0.141 e. The molecular formula is C9H9NO. The van der Waals surface area contributed by atoms with Crippen molar-refractivity contribution in [2.24, 2.45) is 0 Å². The number of aliphatic hydroxyl groups excluding tert-OH is 1. The van der Waals surface area contributed by atoms with Gasteiger partial charge >= 0.3 is 0 Å². The minimum Gasteiger partial charge on any atom is -0.376 e. The first-order valence-corrected chi connectivity index (χ1v) is 3.31. The third kappa shape index (κ3) is 1.57. The molecule has 0 aliphatic carbocycles. The smallest absolute Gasteiger partial charge is 0.141 e. The van der Waals surface area contributed by atoms with Crippen LogP contribution in [-0.4, -0.2) is 10.1 Å². The van der Waals surface area contributed by atoms with Gasteiger partial charge in [-0.2, -0.15) is 0 Å². The Morgan fingerprint density at radius 2 is 2.45 bits per heavy atom. The molecule has 0 saturated carbocycles. The van der Waals surface area contributed by atoms with Crippen molar-refractivity contribution in [3.63, 3.8) is 0 Å². The Morgan fingerprint density at radius 1 is 1.73 bits per heavy atom. The van der Waals surface area contributed by atoms with Gasteiger partial charge in [-0.1, -0.05) is 12.0 Å². The molecule has 11 heavy (non-hydrogen) atoms. The zero-order chi connectivity index (χ0) is 8.27. The van der Waals surface area contributed by atoms with Crippen molar-refractivity contribution in [3.05, 3.63) is 29.6 Å². The van der Waals surface area contributed by atoms with E-state index in [1.807, 2.05) is 6.92 Å². The Morgan fingerprint density at radius 3 is 3.00 bits per heavy atom. The molecule has 0 saturated heterocycles. The van der Waals surface area contributed by atoms with Crippen molar-refractivity contribution in [1.82, 2.24) is 4.98 Å². The van der Waals surface area contributed by atoms with Gasteiger partial charge in [0.05, 0.1) is 0 Å². The Balaban J connectivity index is 3.05. The fourth-order valence-corrected chi connectivity index (χ4v) is 0.875. The summed E-state index contributed by atoms with van der Waals surface area (Å²) in [5.41, 5.74) is 1.48. The van der Waals surface area contributed by atoms with Gasteiger partial charge in [0, 0.05) is 17.5 Å². The second kappa shape index (κ2) is 3.18. The van der Waals surface area contributed by atoms with Gasteiger partial charge in [0.25, 0.3) is 0 Å². The van der Waals surface area contributed by atoms with Gasteiger partial charge in [-0.25, -0.2) is 0 Å². The Hall–Kier alpha value is -1.33. The Bertz CT molecular complexity index is 288. The molecule has 0 spiro atoms. The van der Waals surface area contributed by atoms with Crippen LogP contribution in [0.15, 0.2) is 18.3 Å². The van der Waals surface area contributed by atoms with Gasteiger partial charge in [0.1, 0.15) is 6.10 Å². The second-order valence-electron chi connectivity index (χ2n) is 2.25. The molecule has 0 unspecified atom stereocenters. The van der Waals surface area contributed by atoms with Crippen LogP contribution in [0.3, 0.4) is 0 Å². The summed E-state index contributed by atoms with van der Waals surface area (Å²) in [6.07, 6.45) is 5.88. The summed E-state index contributed by atoms with van der Waals surface area (Å²) < 4.78 is 0. The largest absolute Gasteiger partial charge is 0.376 e. The number of pyridine rings is 1. The van der Waals surface area contributed by atoms with Gasteiger partial charge in [0.15, 0.2) is 0 Å². The van der Waals surface area contributed by atoms with E-state index in [9.17, 15) is 5.11 Å². The maximum atomic E-state index is 9.23. The van der Waals surface area contributed by atoms with Gasteiger partial charge in [0.2, 0.25) is 0 Å². The summed E-state index contributed by atoms with van der Waals surface area (Å²) in [6, 6.07) is 3.52. The van der Waals surface area contributed by atoms with E-state index < -0.39 is 6.10 Å². The van der Waals surface area contributed by atoms with Crippen molar-refractivity contribution in [1.29, 1.82) is 0 Å². The molecular weight excluding hydrogens is 138 g/mol. The van der Waals surface area contributed by atoms with E-state index in [4.69, 9.17) is 6.42 Å². The molecule has 0 aliphatic rings. The summed E-state index contributed by atoms with van der Waals surface area (Å²) in [4.78, 5) is 3.99. The van der Waals surface area contributed by atoms with Crippen LogP contribution in [0, 0.1) is 19.3 Å². The van der Waals surface area contributed by atoms with E-state index in [2.05, 4.69) is 10.9 Å². The minimum atomic E-state index is -0.830. The minimum absolute atomic E-state index is 0.704. The molecule has 1 aromatic heterocycles. The lowest BCUT2D eigenvalue weighted by molar-refractivity contribution is 0.237. The quantitative estimate of drug-likeness (QED) is 0.602. The molecule has 1 atom stereocenters. The molecule has 0 radical (unpaired) electrons. The number of hydrogen-bond donors (Lipinski definition) is 1. The van der Waals surface area contributed by atoms with E-state index in [1.165, 1.54) is 0 Å². The molecule has 1 aromatic rings. The lowest BCUT2D eigenvalue weighted by atomic mass is 10.1. The van der Waals surface area contributed by atoms with Gasteiger partial charge in [-0.15, -0.1) is 6.42 Å². The number of aliphatic hydroxyl groups is 1. The average Bonchev–Trinajstić information content (AvgIpc) is 2.04. The average molecular weight is 147 g/mol. The molecule has 1 rings (SSSR count). The van der Waals surface area contributed by atoms with Crippen molar-refractivity contribution in [2.75, 3.05) is 0 Å². The van der Waals surface area contributed by atoms with Crippen LogP contribution in [0.25, 0.3) is 0 Å². The maximum absolute atomic E-state index is 9.23. The summed E-state index contributed by atoms with van der Waals surface area (Å²) >= 11 is 0. The standard InChI is InChI=1S/C9H9NO/c1-3-9(11)8-5-4-6-10-7(8)2/h1,4-6,9,11H,2H3/t9-/m0/s1. The van der Waals surface area contributed by atoms with E-state index >= 15 is 0 Å². The molecule has 1 heterocycles.